The standard InChI is InChI=1S/C36H60ClNO6/c1-20(2)28(38(9)37)30(40)44-25-13-14-36-19-35(36)16-15-33(7)27(22-11-12-26(43-22)32(5,6)41)21(39)18-34(33,8)24(35)17-23(42-10)29(36)31(25,3)4/h20-29,39,41H,11-19H2,1-10H3/t21-,22?,23-,24?,25-,26-,27+,28+,29-,33+,34-,35?,36+/m0/s1. The summed E-state index contributed by atoms with van der Waals surface area (Å²) in [5.74, 6) is 0.662. The van der Waals surface area contributed by atoms with Crippen LogP contribution in [-0.4, -0.2) is 76.9 Å². The number of esters is 1. The highest BCUT2D eigenvalue weighted by atomic mass is 35.5. The van der Waals surface area contributed by atoms with Crippen LogP contribution < -0.4 is 0 Å². The van der Waals surface area contributed by atoms with E-state index in [9.17, 15) is 15.0 Å². The molecule has 1 saturated heterocycles. The minimum Gasteiger partial charge on any atom is -0.461 e. The Morgan fingerprint density at radius 1 is 1.05 bits per heavy atom. The van der Waals surface area contributed by atoms with E-state index in [4.69, 9.17) is 26.0 Å². The lowest BCUT2D eigenvalue weighted by Gasteiger charge is -2.64. The Morgan fingerprint density at radius 3 is 2.30 bits per heavy atom. The molecule has 6 rings (SSSR count). The zero-order valence-corrected chi connectivity index (χ0v) is 29.7. The van der Waals surface area contributed by atoms with Crippen LogP contribution in [0.5, 0.6) is 0 Å². The van der Waals surface area contributed by atoms with Crippen molar-refractivity contribution in [1.82, 2.24) is 4.42 Å². The average Bonchev–Trinajstić information content (AvgIpc) is 3.15. The van der Waals surface area contributed by atoms with Crippen molar-refractivity contribution in [2.24, 2.45) is 50.7 Å². The highest BCUT2D eigenvalue weighted by Gasteiger charge is 2.84. The molecule has 0 aromatic rings. The number of likely N-dealkylation sites (N-methyl/N-ethyl adjacent to an activating group) is 1. The summed E-state index contributed by atoms with van der Waals surface area (Å²) >= 11 is 6.32. The molecule has 8 heteroatoms. The lowest BCUT2D eigenvalue weighted by atomic mass is 9.41. The number of hydrogen-bond acceptors (Lipinski definition) is 7. The highest BCUT2D eigenvalue weighted by Crippen LogP contribution is 2.89. The van der Waals surface area contributed by atoms with Crippen molar-refractivity contribution < 1.29 is 29.2 Å². The van der Waals surface area contributed by atoms with Crippen molar-refractivity contribution in [1.29, 1.82) is 0 Å². The van der Waals surface area contributed by atoms with E-state index in [1.807, 2.05) is 34.8 Å². The van der Waals surface area contributed by atoms with Gasteiger partial charge in [-0.1, -0.05) is 41.5 Å². The number of ether oxygens (including phenoxy) is 3. The molecule has 252 valence electrons. The van der Waals surface area contributed by atoms with Crippen LogP contribution in [-0.2, 0) is 19.0 Å². The predicted molar refractivity (Wildman–Crippen MR) is 171 cm³/mol. The average molecular weight is 638 g/mol. The third-order valence-electron chi connectivity index (χ3n) is 15.1. The molecule has 0 amide bonds. The summed E-state index contributed by atoms with van der Waals surface area (Å²) in [5, 5.41) is 22.5. The summed E-state index contributed by atoms with van der Waals surface area (Å²) in [6.07, 6.45) is 8.21. The Balaban J connectivity index is 1.28. The van der Waals surface area contributed by atoms with E-state index >= 15 is 0 Å². The molecule has 5 saturated carbocycles. The van der Waals surface area contributed by atoms with Crippen LogP contribution in [0.1, 0.15) is 113 Å². The molecule has 7 nitrogen and oxygen atoms in total. The summed E-state index contributed by atoms with van der Waals surface area (Å²) in [6, 6.07) is -0.482. The maximum Gasteiger partial charge on any atom is 0.325 e. The minimum absolute atomic E-state index is 0.0178. The molecule has 6 fully saturated rings. The first-order valence-corrected chi connectivity index (χ1v) is 17.8. The topological polar surface area (TPSA) is 88.5 Å². The van der Waals surface area contributed by atoms with Crippen LogP contribution in [0.3, 0.4) is 0 Å². The van der Waals surface area contributed by atoms with Gasteiger partial charge in [0.1, 0.15) is 12.1 Å². The van der Waals surface area contributed by atoms with Crippen molar-refractivity contribution >= 4 is 17.7 Å². The smallest absolute Gasteiger partial charge is 0.325 e. The number of aliphatic hydroxyl groups is 2. The lowest BCUT2D eigenvalue weighted by Crippen LogP contribution is -2.62. The number of nitrogens with zero attached hydrogens (tertiary/aromatic N) is 1. The molecule has 44 heavy (non-hydrogen) atoms. The fourth-order valence-electron chi connectivity index (χ4n) is 13.0. The van der Waals surface area contributed by atoms with E-state index in [0.29, 0.717) is 11.8 Å². The minimum atomic E-state index is -0.876. The fraction of sp³-hybridized carbons (Fsp3) is 0.972. The van der Waals surface area contributed by atoms with Gasteiger partial charge in [-0.2, -0.15) is 0 Å². The largest absolute Gasteiger partial charge is 0.461 e. The molecule has 6 aliphatic rings. The van der Waals surface area contributed by atoms with Gasteiger partial charge in [0.25, 0.3) is 0 Å². The fourth-order valence-corrected chi connectivity index (χ4v) is 13.4. The van der Waals surface area contributed by atoms with Gasteiger partial charge in [0, 0.05) is 25.5 Å². The molecule has 5 aliphatic carbocycles. The first-order chi connectivity index (χ1) is 20.3. The quantitative estimate of drug-likeness (QED) is 0.248. The summed E-state index contributed by atoms with van der Waals surface area (Å²) in [7, 11) is 3.60. The molecule has 0 radical (unpaired) electrons. The molecular formula is C36H60ClNO6. The molecule has 1 heterocycles. The van der Waals surface area contributed by atoms with E-state index in [2.05, 4.69) is 27.7 Å². The third kappa shape index (κ3) is 4.41. The molecular weight excluding hydrogens is 578 g/mol. The molecule has 0 bridgehead atoms. The van der Waals surface area contributed by atoms with E-state index in [1.165, 1.54) is 17.3 Å². The first kappa shape index (κ1) is 33.5. The van der Waals surface area contributed by atoms with Gasteiger partial charge in [0.05, 0.1) is 30.0 Å². The summed E-state index contributed by atoms with van der Waals surface area (Å²) < 4.78 is 20.9. The van der Waals surface area contributed by atoms with Crippen molar-refractivity contribution in [2.75, 3.05) is 14.2 Å². The molecule has 13 atom stereocenters. The van der Waals surface area contributed by atoms with E-state index < -0.39 is 17.7 Å². The second kappa shape index (κ2) is 10.5. The van der Waals surface area contributed by atoms with Crippen LogP contribution in [0, 0.1) is 50.7 Å². The van der Waals surface area contributed by atoms with Crippen molar-refractivity contribution in [3.63, 3.8) is 0 Å². The Morgan fingerprint density at radius 2 is 1.73 bits per heavy atom. The summed E-state index contributed by atoms with van der Waals surface area (Å²) in [6.45, 7) is 17.2. The van der Waals surface area contributed by atoms with Gasteiger partial charge in [-0.15, -0.1) is 0 Å². The summed E-state index contributed by atoms with van der Waals surface area (Å²) in [5.41, 5.74) is -0.771. The second-order valence-electron chi connectivity index (χ2n) is 18.1. The van der Waals surface area contributed by atoms with Crippen LogP contribution >= 0.6 is 11.8 Å². The number of methoxy groups -OCH3 is 1. The summed E-state index contributed by atoms with van der Waals surface area (Å²) in [4.78, 5) is 13.4. The zero-order chi connectivity index (χ0) is 32.4. The maximum atomic E-state index is 13.4. The van der Waals surface area contributed by atoms with Gasteiger partial charge in [-0.3, -0.25) is 4.79 Å². The van der Waals surface area contributed by atoms with Crippen molar-refractivity contribution in [3.8, 4) is 0 Å². The highest BCUT2D eigenvalue weighted by molar-refractivity contribution is 6.14. The van der Waals surface area contributed by atoms with E-state index in [0.717, 1.165) is 44.9 Å². The van der Waals surface area contributed by atoms with Gasteiger partial charge in [-0.05, 0) is 123 Å². The number of aliphatic hydroxyl groups excluding tert-OH is 1. The van der Waals surface area contributed by atoms with Crippen LogP contribution in [0.4, 0.5) is 0 Å². The number of fused-ring (bicyclic) bond motifs is 2. The van der Waals surface area contributed by atoms with Crippen LogP contribution in [0.15, 0.2) is 0 Å². The number of carbonyl (C=O) groups is 1. The second-order valence-corrected chi connectivity index (χ2v) is 18.6. The lowest BCUT2D eigenvalue weighted by molar-refractivity contribution is -0.216. The van der Waals surface area contributed by atoms with Crippen LogP contribution in [0.2, 0.25) is 0 Å². The van der Waals surface area contributed by atoms with E-state index in [1.54, 1.807) is 7.05 Å². The van der Waals surface area contributed by atoms with Gasteiger partial charge < -0.3 is 24.4 Å². The zero-order valence-electron chi connectivity index (χ0n) is 29.0. The molecule has 0 aromatic carbocycles. The molecule has 1 aliphatic heterocycles. The molecule has 3 unspecified atom stereocenters. The van der Waals surface area contributed by atoms with Gasteiger partial charge in [0.2, 0.25) is 0 Å². The number of rotatable bonds is 7. The van der Waals surface area contributed by atoms with Gasteiger partial charge in [-0.25, -0.2) is 4.42 Å². The Bertz CT molecular complexity index is 1130. The molecule has 2 N–H and O–H groups in total. The van der Waals surface area contributed by atoms with Gasteiger partial charge >= 0.3 is 5.97 Å². The predicted octanol–water partition coefficient (Wildman–Crippen LogP) is 6.36. The molecule has 0 aromatic heterocycles. The Hall–Kier alpha value is -0.440. The Kier molecular flexibility index (Phi) is 8.01. The van der Waals surface area contributed by atoms with Crippen LogP contribution in [0.25, 0.3) is 0 Å². The SMILES string of the molecule is CO[C@H]1CC2C3(CC[C@]4(C)[C@@H](C5CC[C@@H](C(C)(C)O)O5)[C@@H](O)C[C@@]24C)C[C@@]32CC[C@H](OC(=O)[C@@H](C(C)C)N(C)Cl)C(C)(C)[C@H]12. The normalized spacial score (nSPS) is 50.1. The van der Waals surface area contributed by atoms with Crippen molar-refractivity contribution in [3.05, 3.63) is 0 Å². The number of halogens is 1. The Labute approximate surface area is 271 Å². The molecule has 2 spiro atoms. The van der Waals surface area contributed by atoms with Crippen molar-refractivity contribution in [2.45, 2.75) is 155 Å². The third-order valence-corrected chi connectivity index (χ3v) is 15.3. The maximum absolute atomic E-state index is 13.4. The monoisotopic (exact) mass is 637 g/mol. The number of hydrogen-bond donors (Lipinski definition) is 2. The number of carbonyl (C=O) groups excluding carboxylic acids is 1. The van der Waals surface area contributed by atoms with Gasteiger partial charge in [0.15, 0.2) is 0 Å². The van der Waals surface area contributed by atoms with E-state index in [-0.39, 0.29) is 69.3 Å². The first-order valence-electron chi connectivity index (χ1n) is 17.5.